The summed E-state index contributed by atoms with van der Waals surface area (Å²) in [5, 5.41) is 3.09. The minimum absolute atomic E-state index is 0.0214. The Morgan fingerprint density at radius 3 is 2.48 bits per heavy atom. The number of urea groups is 1. The van der Waals surface area contributed by atoms with Crippen molar-refractivity contribution in [1.82, 2.24) is 25.0 Å². The van der Waals surface area contributed by atoms with Gasteiger partial charge >= 0.3 is 6.03 Å². The number of aryl methyl sites for hydroxylation is 1. The number of rotatable bonds is 5. The lowest BCUT2D eigenvalue weighted by Gasteiger charge is -2.35. The van der Waals surface area contributed by atoms with Crippen LogP contribution < -0.4 is 10.2 Å². The molecule has 4 rings (SSSR count). The van der Waals surface area contributed by atoms with Gasteiger partial charge < -0.3 is 20.0 Å². The van der Waals surface area contributed by atoms with Gasteiger partial charge in [-0.05, 0) is 37.2 Å². The van der Waals surface area contributed by atoms with Crippen molar-refractivity contribution < 1.29 is 4.79 Å². The highest BCUT2D eigenvalue weighted by Gasteiger charge is 2.21. The Bertz CT molecular complexity index is 872. The predicted molar refractivity (Wildman–Crippen MR) is 124 cm³/mol. The van der Waals surface area contributed by atoms with E-state index in [1.165, 1.54) is 11.1 Å². The molecule has 7 nitrogen and oxygen atoms in total. The molecule has 2 aliphatic heterocycles. The van der Waals surface area contributed by atoms with Crippen molar-refractivity contribution in [2.45, 2.75) is 20.0 Å². The van der Waals surface area contributed by atoms with E-state index < -0.39 is 0 Å². The number of nitrogens with one attached hydrogen (secondary N) is 1. The first-order valence-corrected chi connectivity index (χ1v) is 11.3. The third-order valence-electron chi connectivity index (χ3n) is 6.23. The molecule has 2 amide bonds. The van der Waals surface area contributed by atoms with Crippen LogP contribution in [0.1, 0.15) is 16.7 Å². The van der Waals surface area contributed by atoms with E-state index in [4.69, 9.17) is 0 Å². The van der Waals surface area contributed by atoms with Crippen LogP contribution in [0.15, 0.2) is 42.6 Å². The molecule has 2 fully saturated rings. The van der Waals surface area contributed by atoms with E-state index in [0.717, 1.165) is 70.3 Å². The average Bonchev–Trinajstić information content (AvgIpc) is 2.79. The third kappa shape index (κ3) is 5.95. The Labute approximate surface area is 185 Å². The first-order chi connectivity index (χ1) is 15.1. The normalized spacial score (nSPS) is 18.3. The summed E-state index contributed by atoms with van der Waals surface area (Å²) < 4.78 is 0. The molecule has 31 heavy (non-hydrogen) atoms. The fraction of sp³-hybridized carbons (Fsp3) is 0.500. The molecule has 0 atom stereocenters. The third-order valence-corrected chi connectivity index (χ3v) is 6.23. The highest BCUT2D eigenvalue weighted by Crippen LogP contribution is 2.15. The number of aromatic nitrogens is 1. The van der Waals surface area contributed by atoms with Gasteiger partial charge in [0, 0.05) is 71.6 Å². The van der Waals surface area contributed by atoms with Crippen molar-refractivity contribution in [3.05, 3.63) is 59.3 Å². The molecule has 1 aromatic carbocycles. The number of nitrogens with zero attached hydrogens (tertiary/aromatic N) is 5. The molecular formula is C24H34N6O. The number of likely N-dealkylation sites (N-methyl/N-ethyl adjacent to an activating group) is 1. The fourth-order valence-electron chi connectivity index (χ4n) is 4.25. The zero-order chi connectivity index (χ0) is 21.6. The molecule has 0 saturated carbocycles. The minimum atomic E-state index is 0.0214. The number of hydrogen-bond acceptors (Lipinski definition) is 5. The van der Waals surface area contributed by atoms with Crippen molar-refractivity contribution in [2.75, 3.05) is 64.3 Å². The molecule has 2 aliphatic rings. The van der Waals surface area contributed by atoms with Gasteiger partial charge in [-0.25, -0.2) is 9.78 Å². The lowest BCUT2D eigenvalue weighted by atomic mass is 10.1. The van der Waals surface area contributed by atoms with Crippen molar-refractivity contribution in [1.29, 1.82) is 0 Å². The largest absolute Gasteiger partial charge is 0.354 e. The first kappa shape index (κ1) is 21.6. The summed E-state index contributed by atoms with van der Waals surface area (Å²) in [6.07, 6.45) is 1.85. The van der Waals surface area contributed by atoms with Crippen molar-refractivity contribution in [3.63, 3.8) is 0 Å². The molecule has 0 unspecified atom stereocenters. The van der Waals surface area contributed by atoms with Gasteiger partial charge in [-0.1, -0.05) is 29.8 Å². The molecule has 3 heterocycles. The van der Waals surface area contributed by atoms with Gasteiger partial charge in [-0.2, -0.15) is 0 Å². The number of hydrogen-bond donors (Lipinski definition) is 1. The Balaban J connectivity index is 1.23. The second-order valence-electron chi connectivity index (χ2n) is 8.72. The van der Waals surface area contributed by atoms with E-state index in [0.29, 0.717) is 6.54 Å². The van der Waals surface area contributed by atoms with Gasteiger partial charge in [0.15, 0.2) is 0 Å². The van der Waals surface area contributed by atoms with E-state index in [1.54, 1.807) is 0 Å². The van der Waals surface area contributed by atoms with Crippen LogP contribution in [-0.2, 0) is 13.1 Å². The molecule has 0 bridgehead atoms. The maximum Gasteiger partial charge on any atom is 0.317 e. The SMILES string of the molecule is Cc1cccc(CN2CCN(C(=O)NCc3ccnc(N4CCN(C)CC4)c3)CC2)c1. The smallest absolute Gasteiger partial charge is 0.317 e. The summed E-state index contributed by atoms with van der Waals surface area (Å²) in [6.45, 7) is 11.0. The first-order valence-electron chi connectivity index (χ1n) is 11.3. The highest BCUT2D eigenvalue weighted by molar-refractivity contribution is 5.74. The maximum atomic E-state index is 12.7. The average molecular weight is 423 g/mol. The Morgan fingerprint density at radius 1 is 0.968 bits per heavy atom. The number of amides is 2. The summed E-state index contributed by atoms with van der Waals surface area (Å²) in [7, 11) is 2.15. The molecule has 1 N–H and O–H groups in total. The topological polar surface area (TPSA) is 55.0 Å². The second kappa shape index (κ2) is 10.1. The standard InChI is InChI=1S/C24H34N6O/c1-20-4-3-5-22(16-20)19-28-10-14-30(15-11-28)24(31)26-18-21-6-7-25-23(17-21)29-12-8-27(2)9-13-29/h3-7,16-17H,8-15,18-19H2,1-2H3,(H,26,31). The zero-order valence-corrected chi connectivity index (χ0v) is 18.8. The van der Waals surface area contributed by atoms with Gasteiger partial charge in [0.25, 0.3) is 0 Å². The zero-order valence-electron chi connectivity index (χ0n) is 18.8. The number of benzene rings is 1. The molecular weight excluding hydrogens is 388 g/mol. The van der Waals surface area contributed by atoms with Crippen LogP contribution >= 0.6 is 0 Å². The van der Waals surface area contributed by atoms with E-state index >= 15 is 0 Å². The summed E-state index contributed by atoms with van der Waals surface area (Å²) in [6, 6.07) is 12.8. The van der Waals surface area contributed by atoms with Crippen LogP contribution in [0.2, 0.25) is 0 Å². The molecule has 0 spiro atoms. The van der Waals surface area contributed by atoms with Gasteiger partial charge in [0.2, 0.25) is 0 Å². The fourth-order valence-corrected chi connectivity index (χ4v) is 4.25. The molecule has 2 saturated heterocycles. The molecule has 7 heteroatoms. The van der Waals surface area contributed by atoms with E-state index in [9.17, 15) is 4.79 Å². The summed E-state index contributed by atoms with van der Waals surface area (Å²) in [5.41, 5.74) is 3.73. The lowest BCUT2D eigenvalue weighted by molar-refractivity contribution is 0.135. The van der Waals surface area contributed by atoms with Crippen molar-refractivity contribution in [2.24, 2.45) is 0 Å². The summed E-state index contributed by atoms with van der Waals surface area (Å²) in [5.74, 6) is 1.00. The number of carbonyl (C=O) groups excluding carboxylic acids is 1. The van der Waals surface area contributed by atoms with Crippen LogP contribution in [0.3, 0.4) is 0 Å². The van der Waals surface area contributed by atoms with E-state index in [2.05, 4.69) is 69.3 Å². The predicted octanol–water partition coefficient (Wildman–Crippen LogP) is 2.17. The number of piperazine rings is 2. The van der Waals surface area contributed by atoms with Crippen LogP contribution in [0, 0.1) is 6.92 Å². The monoisotopic (exact) mass is 422 g/mol. The molecule has 0 aliphatic carbocycles. The van der Waals surface area contributed by atoms with Crippen molar-refractivity contribution in [3.8, 4) is 0 Å². The van der Waals surface area contributed by atoms with Gasteiger partial charge in [-0.15, -0.1) is 0 Å². The van der Waals surface area contributed by atoms with Crippen LogP contribution in [-0.4, -0.2) is 85.1 Å². The summed E-state index contributed by atoms with van der Waals surface area (Å²) in [4.78, 5) is 26.2. The minimum Gasteiger partial charge on any atom is -0.354 e. The highest BCUT2D eigenvalue weighted by atomic mass is 16.2. The number of pyridine rings is 1. The molecule has 0 radical (unpaired) electrons. The second-order valence-corrected chi connectivity index (χ2v) is 8.72. The quantitative estimate of drug-likeness (QED) is 0.800. The summed E-state index contributed by atoms with van der Waals surface area (Å²) >= 11 is 0. The lowest BCUT2D eigenvalue weighted by Crippen LogP contribution is -2.51. The van der Waals surface area contributed by atoms with Crippen LogP contribution in [0.25, 0.3) is 0 Å². The Kier molecular flexibility index (Phi) is 7.04. The van der Waals surface area contributed by atoms with Crippen molar-refractivity contribution >= 4 is 11.8 Å². The Morgan fingerprint density at radius 2 is 1.74 bits per heavy atom. The van der Waals surface area contributed by atoms with Crippen LogP contribution in [0.4, 0.5) is 10.6 Å². The van der Waals surface area contributed by atoms with E-state index in [1.807, 2.05) is 17.2 Å². The van der Waals surface area contributed by atoms with Crippen LogP contribution in [0.5, 0.6) is 0 Å². The van der Waals surface area contributed by atoms with Gasteiger partial charge in [-0.3, -0.25) is 4.90 Å². The molecule has 2 aromatic rings. The van der Waals surface area contributed by atoms with Gasteiger partial charge in [0.05, 0.1) is 0 Å². The maximum absolute atomic E-state index is 12.7. The van der Waals surface area contributed by atoms with E-state index in [-0.39, 0.29) is 6.03 Å². The number of anilines is 1. The Hall–Kier alpha value is -2.64. The molecule has 1 aromatic heterocycles. The molecule has 166 valence electrons. The number of carbonyl (C=O) groups is 1. The van der Waals surface area contributed by atoms with Gasteiger partial charge in [0.1, 0.15) is 5.82 Å².